The van der Waals surface area contributed by atoms with Crippen LogP contribution in [0.5, 0.6) is 51.7 Å². The molecule has 2 unspecified atom stereocenters. The maximum atomic E-state index is 15.4. The Morgan fingerprint density at radius 1 is 0.508 bits per heavy atom. The molecule has 6 atom stereocenters. The molecule has 1 saturated heterocycles. The second-order valence-corrected chi connectivity index (χ2v) is 13.9. The lowest BCUT2D eigenvalue weighted by atomic mass is 9.67. The van der Waals surface area contributed by atoms with Crippen LogP contribution >= 0.6 is 0 Å². The van der Waals surface area contributed by atoms with Crippen molar-refractivity contribution in [1.29, 1.82) is 0 Å². The molecular formula is C41H32O24. The molecular weight excluding hydrogens is 876 g/mol. The molecule has 0 bridgehead atoms. The highest BCUT2D eigenvalue weighted by molar-refractivity contribution is 6.10. The third-order valence-corrected chi connectivity index (χ3v) is 10.1. The second-order valence-electron chi connectivity index (χ2n) is 13.9. The van der Waals surface area contributed by atoms with Gasteiger partial charge in [0.25, 0.3) is 5.79 Å². The van der Waals surface area contributed by atoms with Crippen LogP contribution in [0.25, 0.3) is 0 Å². The van der Waals surface area contributed by atoms with Crippen LogP contribution in [0.15, 0.2) is 97.1 Å². The predicted octanol–water partition coefficient (Wildman–Crippen LogP) is 1.25. The number of phenolic OH excluding ortho intramolecular Hbond substituents is 9. The van der Waals surface area contributed by atoms with Crippen molar-refractivity contribution in [3.63, 3.8) is 0 Å². The van der Waals surface area contributed by atoms with Gasteiger partial charge in [0.1, 0.15) is 6.10 Å². The zero-order valence-corrected chi connectivity index (χ0v) is 32.2. The number of aromatic hydroxyl groups is 9. The summed E-state index contributed by atoms with van der Waals surface area (Å²) in [5.41, 5.74) is -9.95. The summed E-state index contributed by atoms with van der Waals surface area (Å²) in [5, 5.41) is 151. The average Bonchev–Trinajstić information content (AvgIpc) is 3.29. The van der Waals surface area contributed by atoms with Crippen LogP contribution in [-0.4, -0.2) is 136 Å². The van der Waals surface area contributed by atoms with E-state index >= 15 is 4.79 Å². The number of hydrogen-bond donors (Lipinski definition) is 14. The largest absolute Gasteiger partial charge is 0.504 e. The first-order valence-corrected chi connectivity index (χ1v) is 18.0. The minimum absolute atomic E-state index is 0.249. The maximum Gasteiger partial charge on any atom is 0.341 e. The third-order valence-electron chi connectivity index (χ3n) is 10.1. The van der Waals surface area contributed by atoms with Crippen molar-refractivity contribution in [3.8, 4) is 51.7 Å². The van der Waals surface area contributed by atoms with Gasteiger partial charge in [-0.15, -0.1) is 0 Å². The normalized spacial score (nSPS) is 23.2. The van der Waals surface area contributed by atoms with Gasteiger partial charge in [0.2, 0.25) is 11.6 Å². The highest BCUT2D eigenvalue weighted by atomic mass is 17.2. The molecule has 1 aliphatic rings. The van der Waals surface area contributed by atoms with E-state index in [9.17, 15) is 91.0 Å². The molecule has 6 rings (SSSR count). The summed E-state index contributed by atoms with van der Waals surface area (Å²) in [5.74, 6) is -36.8. The van der Waals surface area contributed by atoms with E-state index in [0.29, 0.717) is 24.3 Å². The van der Waals surface area contributed by atoms with Crippen LogP contribution < -0.4 is 0 Å². The van der Waals surface area contributed by atoms with E-state index in [2.05, 4.69) is 9.78 Å². The molecule has 5 aromatic rings. The number of carbonyl (C=O) groups excluding carboxylic acids is 5. The van der Waals surface area contributed by atoms with E-state index in [1.54, 1.807) is 0 Å². The van der Waals surface area contributed by atoms with Crippen molar-refractivity contribution in [1.82, 2.24) is 0 Å². The van der Waals surface area contributed by atoms with Crippen LogP contribution in [-0.2, 0) is 24.0 Å². The molecule has 0 aromatic heterocycles. The molecule has 1 heterocycles. The quantitative estimate of drug-likeness (QED) is 0.0197. The summed E-state index contributed by atoms with van der Waals surface area (Å²) in [6.45, 7) is 0. The Bertz CT molecular complexity index is 2660. The number of esters is 2. The SMILES string of the molecule is O=C(OC1(O)[C@@H](C(O)C(=O)c2cc(O)c(O)c(O)c2)O[C@](OO)(C(=O)c2cc(O)c(O)c(O)c2)[C@](O)(OO)[C@]1(OC(=O)c1ccccc1)C(=O)c1ccccc1)c1cc(O)c(O)c(O)c1. The van der Waals surface area contributed by atoms with Crippen molar-refractivity contribution in [2.24, 2.45) is 0 Å². The Balaban J connectivity index is 1.80. The highest BCUT2D eigenvalue weighted by Crippen LogP contribution is 2.57. The minimum atomic E-state index is -5.06. The summed E-state index contributed by atoms with van der Waals surface area (Å²) in [7, 11) is 0. The molecule has 65 heavy (non-hydrogen) atoms. The fourth-order valence-electron chi connectivity index (χ4n) is 6.85. The lowest BCUT2D eigenvalue weighted by Gasteiger charge is -2.60. The van der Waals surface area contributed by atoms with Gasteiger partial charge < -0.3 is 75.5 Å². The summed E-state index contributed by atoms with van der Waals surface area (Å²) in [6, 6.07) is 12.6. The molecule has 0 radical (unpaired) electrons. The summed E-state index contributed by atoms with van der Waals surface area (Å²) < 4.78 is 16.3. The van der Waals surface area contributed by atoms with E-state index in [1.165, 1.54) is 24.3 Å². The van der Waals surface area contributed by atoms with E-state index in [0.717, 1.165) is 36.4 Å². The number of ketones is 3. The summed E-state index contributed by atoms with van der Waals surface area (Å²) in [4.78, 5) is 81.6. The molecule has 0 aliphatic carbocycles. The van der Waals surface area contributed by atoms with Crippen molar-refractivity contribution < 1.29 is 120 Å². The number of rotatable bonds is 13. The summed E-state index contributed by atoms with van der Waals surface area (Å²) >= 11 is 0. The van der Waals surface area contributed by atoms with Gasteiger partial charge in [-0.1, -0.05) is 48.5 Å². The Labute approximate surface area is 360 Å². The lowest BCUT2D eigenvalue weighted by Crippen LogP contribution is -2.91. The van der Waals surface area contributed by atoms with Crippen LogP contribution in [0.2, 0.25) is 0 Å². The van der Waals surface area contributed by atoms with E-state index < -0.39 is 144 Å². The van der Waals surface area contributed by atoms with Crippen molar-refractivity contribution in [2.75, 3.05) is 0 Å². The van der Waals surface area contributed by atoms with Gasteiger partial charge in [0, 0.05) is 16.7 Å². The van der Waals surface area contributed by atoms with Crippen LogP contribution in [0, 0.1) is 0 Å². The molecule has 24 nitrogen and oxygen atoms in total. The van der Waals surface area contributed by atoms with Gasteiger partial charge in [-0.25, -0.2) is 20.1 Å². The molecule has 340 valence electrons. The molecule has 14 N–H and O–H groups in total. The van der Waals surface area contributed by atoms with Crippen molar-refractivity contribution >= 4 is 29.3 Å². The zero-order chi connectivity index (χ0) is 48.0. The van der Waals surface area contributed by atoms with E-state index in [4.69, 9.17) is 14.2 Å². The second kappa shape index (κ2) is 16.9. The van der Waals surface area contributed by atoms with Crippen LogP contribution in [0.3, 0.4) is 0 Å². The smallest absolute Gasteiger partial charge is 0.341 e. The number of Topliss-reactive ketones (excluding diaryl/α,β-unsaturated/α-hetero) is 3. The lowest BCUT2D eigenvalue weighted by molar-refractivity contribution is -0.581. The van der Waals surface area contributed by atoms with Gasteiger partial charge in [-0.05, 0) is 48.5 Å². The average molecular weight is 909 g/mol. The Morgan fingerprint density at radius 3 is 1.34 bits per heavy atom. The third kappa shape index (κ3) is 7.24. The fraction of sp³-hybridized carbons (Fsp3) is 0.146. The number of benzene rings is 5. The Hall–Kier alpha value is -8.07. The summed E-state index contributed by atoms with van der Waals surface area (Å²) in [6.07, 6.45) is -7.14. The standard InChI is InChI=1S/C41H32O24/c42-22-11-19(12-23(43)29(22)49)28(48)32(52)35-39(57,63-37(56)21-15-26(46)31(51)27(47)16-21)38(33(53)17-7-3-1-4-8-17,62-36(55)18-9-5-2-6-10-18)41(58,65-60)40(61-35,64-59)34(54)20-13-24(44)30(50)25(45)14-20/h1-16,32,35,42-47,49-52,57-60H/t32?,35-,38+,39?,40+,41-/m1/s1. The first-order valence-electron chi connectivity index (χ1n) is 18.0. The van der Waals surface area contributed by atoms with E-state index in [1.807, 2.05) is 0 Å². The topological polar surface area (TPSA) is 415 Å². The van der Waals surface area contributed by atoms with E-state index in [-0.39, 0.29) is 12.1 Å². The van der Waals surface area contributed by atoms with Gasteiger partial charge in [0.05, 0.1) is 11.1 Å². The minimum Gasteiger partial charge on any atom is -0.504 e. The Morgan fingerprint density at radius 2 is 0.908 bits per heavy atom. The monoisotopic (exact) mass is 908 g/mol. The molecule has 0 saturated carbocycles. The fourth-order valence-corrected chi connectivity index (χ4v) is 6.85. The first-order chi connectivity index (χ1) is 30.5. The molecule has 5 aromatic carbocycles. The van der Waals surface area contributed by atoms with Gasteiger partial charge in [-0.2, -0.15) is 9.78 Å². The molecule has 0 spiro atoms. The molecule has 24 heteroatoms. The number of aliphatic hydroxyl groups excluding tert-OH is 1. The highest BCUT2D eigenvalue weighted by Gasteiger charge is 2.90. The molecule has 1 aliphatic heterocycles. The Kier molecular flexibility index (Phi) is 12.1. The number of ether oxygens (including phenoxy) is 3. The number of carbonyl (C=O) groups is 5. The van der Waals surface area contributed by atoms with Crippen LogP contribution in [0.1, 0.15) is 51.8 Å². The first kappa shape index (κ1) is 46.4. The number of hydrogen-bond acceptors (Lipinski definition) is 24. The van der Waals surface area contributed by atoms with Gasteiger partial charge in [0.15, 0.2) is 63.6 Å². The number of phenols is 9. The van der Waals surface area contributed by atoms with Crippen molar-refractivity contribution in [2.45, 2.75) is 35.2 Å². The van der Waals surface area contributed by atoms with Gasteiger partial charge >= 0.3 is 29.1 Å². The van der Waals surface area contributed by atoms with Crippen LogP contribution in [0.4, 0.5) is 0 Å². The maximum absolute atomic E-state index is 15.4. The predicted molar refractivity (Wildman–Crippen MR) is 205 cm³/mol. The molecule has 0 amide bonds. The van der Waals surface area contributed by atoms with Gasteiger partial charge in [-0.3, -0.25) is 14.4 Å². The zero-order valence-electron chi connectivity index (χ0n) is 32.2. The van der Waals surface area contributed by atoms with Crippen molar-refractivity contribution in [3.05, 3.63) is 125 Å². The number of aliphatic hydroxyl groups is 3. The molecule has 1 fully saturated rings.